The fourth-order valence-corrected chi connectivity index (χ4v) is 6.31. The Labute approximate surface area is 184 Å². The highest BCUT2D eigenvalue weighted by Gasteiger charge is 2.57. The van der Waals surface area contributed by atoms with Crippen LogP contribution in [0.3, 0.4) is 0 Å². The lowest BCUT2D eigenvalue weighted by Gasteiger charge is -2.57. The highest BCUT2D eigenvalue weighted by molar-refractivity contribution is 5.79. The van der Waals surface area contributed by atoms with Crippen molar-refractivity contribution in [2.45, 2.75) is 59.3 Å². The van der Waals surface area contributed by atoms with Crippen molar-refractivity contribution < 1.29 is 14.7 Å². The second kappa shape index (κ2) is 7.95. The Kier molecular flexibility index (Phi) is 5.61. The molecule has 1 fully saturated rings. The average Bonchev–Trinajstić information content (AvgIpc) is 2.73. The van der Waals surface area contributed by atoms with Crippen molar-refractivity contribution in [1.82, 2.24) is 0 Å². The smallest absolute Gasteiger partial charge is 0.317 e. The van der Waals surface area contributed by atoms with E-state index in [1.165, 1.54) is 23.3 Å². The maximum Gasteiger partial charge on any atom is 0.317 e. The minimum Gasteiger partial charge on any atom is -0.733 e. The van der Waals surface area contributed by atoms with Gasteiger partial charge < -0.3 is 15.2 Å². The van der Waals surface area contributed by atoms with Crippen LogP contribution < -0.4 is 9.96 Å². The molecule has 0 spiro atoms. The molecular weight excluding hydrogens is 390 g/mol. The van der Waals surface area contributed by atoms with Crippen LogP contribution in [0.5, 0.6) is 5.75 Å². The summed E-state index contributed by atoms with van der Waals surface area (Å²) in [5.74, 6) is 0.880. The highest BCUT2D eigenvalue weighted by Crippen LogP contribution is 2.62. The summed E-state index contributed by atoms with van der Waals surface area (Å²) in [4.78, 5) is 13.4. The van der Waals surface area contributed by atoms with E-state index in [9.17, 15) is 10.0 Å². The molecule has 0 bridgehead atoms. The average molecular weight is 423 g/mol. The summed E-state index contributed by atoms with van der Waals surface area (Å²) in [6, 6.07) is 5.96. The number of carbonyl (C=O) groups excluding carboxylic acids is 1. The summed E-state index contributed by atoms with van der Waals surface area (Å²) in [5, 5.41) is 19.8. The molecule has 4 atom stereocenters. The molecule has 0 saturated heterocycles. The van der Waals surface area contributed by atoms with Crippen molar-refractivity contribution in [3.05, 3.63) is 64.9 Å². The normalized spacial score (nSPS) is 32.2. The lowest BCUT2D eigenvalue weighted by atomic mass is 9.47. The van der Waals surface area contributed by atoms with Crippen molar-refractivity contribution in [3.8, 4) is 5.75 Å². The number of hydrogen-bond acceptors (Lipinski definition) is 5. The molecule has 1 N–H and O–H groups in total. The van der Waals surface area contributed by atoms with Crippen LogP contribution in [0, 0.1) is 27.9 Å². The van der Waals surface area contributed by atoms with Gasteiger partial charge in [0.25, 0.3) is 0 Å². The molecule has 3 aliphatic carbocycles. The molecule has 0 amide bonds. The topological polar surface area (TPSA) is 72.8 Å². The molecule has 0 radical (unpaired) electrons. The van der Waals surface area contributed by atoms with Crippen LogP contribution in [0.15, 0.2) is 59.7 Å². The predicted octanol–water partition coefficient (Wildman–Crippen LogP) is 6.34. The first kappa shape index (κ1) is 21.8. The van der Waals surface area contributed by atoms with Crippen molar-refractivity contribution >= 4 is 11.7 Å². The Hall–Kier alpha value is -2.37. The van der Waals surface area contributed by atoms with E-state index in [0.29, 0.717) is 11.7 Å². The molecule has 0 unspecified atom stereocenters. The number of rotatable bonds is 4. The van der Waals surface area contributed by atoms with Crippen LogP contribution in [-0.4, -0.2) is 11.2 Å². The fraction of sp³-hybridized carbons (Fsp3) is 0.500. The largest absolute Gasteiger partial charge is 0.733 e. The number of fused-ring (bicyclic) bond motifs is 3. The van der Waals surface area contributed by atoms with Gasteiger partial charge in [0.15, 0.2) is 0 Å². The van der Waals surface area contributed by atoms with Gasteiger partial charge in [-0.3, -0.25) is 10.0 Å². The number of esters is 1. The Morgan fingerprint density at radius 2 is 1.97 bits per heavy atom. The standard InChI is InChI=1S/C26H32NO4/c1-17(2)18-6-12-22-19(16-18)7-13-23-25(22,3)14-5-15-26(23,4)24(28)31-21-10-8-20(9-11-21)27(29)30/h7-11,16,22-23,29H,1,5-6,12-15H2,2-4H3/q-1/t22-,23+,25+,26+/m0/s1. The number of ether oxygens (including phenoxy) is 1. The van der Waals surface area contributed by atoms with Crippen LogP contribution in [0.1, 0.15) is 59.3 Å². The Balaban J connectivity index is 1.59. The second-order valence-corrected chi connectivity index (χ2v) is 9.97. The van der Waals surface area contributed by atoms with Crippen LogP contribution in [-0.2, 0) is 4.79 Å². The summed E-state index contributed by atoms with van der Waals surface area (Å²) >= 11 is 0. The molecule has 0 aliphatic heterocycles. The van der Waals surface area contributed by atoms with Crippen LogP contribution in [0.25, 0.3) is 0 Å². The van der Waals surface area contributed by atoms with Crippen LogP contribution in [0.2, 0.25) is 0 Å². The van der Waals surface area contributed by atoms with Crippen LogP contribution >= 0.6 is 0 Å². The van der Waals surface area contributed by atoms with Gasteiger partial charge in [0.05, 0.1) is 11.1 Å². The molecule has 5 heteroatoms. The molecule has 166 valence electrons. The van der Waals surface area contributed by atoms with Crippen molar-refractivity contribution in [2.24, 2.45) is 22.7 Å². The molecule has 1 aromatic carbocycles. The van der Waals surface area contributed by atoms with Gasteiger partial charge in [0.2, 0.25) is 0 Å². The molecule has 31 heavy (non-hydrogen) atoms. The van der Waals surface area contributed by atoms with Gasteiger partial charge in [-0.25, -0.2) is 0 Å². The third-order valence-electron chi connectivity index (χ3n) is 8.09. The maximum atomic E-state index is 13.4. The third-order valence-corrected chi connectivity index (χ3v) is 8.09. The van der Waals surface area contributed by atoms with Crippen molar-refractivity contribution in [3.63, 3.8) is 0 Å². The van der Waals surface area contributed by atoms with E-state index >= 15 is 0 Å². The SMILES string of the molecule is C=C(C)C1=CC2=CC[C@@H]3[C@](C)(CCC[C@@]3(C)C(=O)Oc3ccc(N([O-])O)cc3)[C@H]2CC1. The zero-order valence-electron chi connectivity index (χ0n) is 18.7. The second-order valence-electron chi connectivity index (χ2n) is 9.97. The summed E-state index contributed by atoms with van der Waals surface area (Å²) in [5.41, 5.74) is 3.52. The van der Waals surface area contributed by atoms with Crippen molar-refractivity contribution in [2.75, 3.05) is 5.23 Å². The Morgan fingerprint density at radius 1 is 1.26 bits per heavy atom. The first-order valence-electron chi connectivity index (χ1n) is 11.2. The minimum atomic E-state index is -0.562. The number of hydrogen-bond donors (Lipinski definition) is 1. The van der Waals surface area contributed by atoms with E-state index in [1.54, 1.807) is 12.1 Å². The number of carbonyl (C=O) groups is 1. The van der Waals surface area contributed by atoms with E-state index in [-0.39, 0.29) is 28.2 Å². The number of anilines is 1. The molecule has 1 aromatic rings. The number of nitrogens with zero attached hydrogens (tertiary/aromatic N) is 1. The summed E-state index contributed by atoms with van der Waals surface area (Å²) in [6.07, 6.45) is 10.7. The quantitative estimate of drug-likeness (QED) is 0.348. The van der Waals surface area contributed by atoms with Gasteiger partial charge in [0, 0.05) is 0 Å². The predicted molar refractivity (Wildman–Crippen MR) is 122 cm³/mol. The van der Waals surface area contributed by atoms with Gasteiger partial charge in [-0.15, -0.1) is 0 Å². The first-order valence-corrected chi connectivity index (χ1v) is 11.2. The molecule has 0 aromatic heterocycles. The molecule has 5 nitrogen and oxygen atoms in total. The molecule has 0 heterocycles. The monoisotopic (exact) mass is 422 g/mol. The zero-order chi connectivity index (χ0) is 22.4. The van der Waals surface area contributed by atoms with Gasteiger partial charge in [-0.2, -0.15) is 0 Å². The maximum absolute atomic E-state index is 13.4. The minimum absolute atomic E-state index is 0.0665. The van der Waals surface area contributed by atoms with Gasteiger partial charge >= 0.3 is 5.97 Å². The molecular formula is C26H32NO4-. The van der Waals surface area contributed by atoms with E-state index < -0.39 is 5.41 Å². The summed E-state index contributed by atoms with van der Waals surface area (Å²) in [7, 11) is 0. The number of allylic oxidation sites excluding steroid dienone is 5. The lowest BCUT2D eigenvalue weighted by molar-refractivity contribution is -0.159. The number of benzene rings is 1. The summed E-state index contributed by atoms with van der Waals surface area (Å²) < 4.78 is 5.78. The van der Waals surface area contributed by atoms with Crippen molar-refractivity contribution in [1.29, 1.82) is 0 Å². The first-order chi connectivity index (χ1) is 14.6. The Bertz CT molecular complexity index is 945. The van der Waals surface area contributed by atoms with Gasteiger partial charge in [-0.05, 0) is 98.6 Å². The van der Waals surface area contributed by atoms with E-state index in [2.05, 4.69) is 39.5 Å². The third kappa shape index (κ3) is 3.74. The molecule has 1 saturated carbocycles. The van der Waals surface area contributed by atoms with Gasteiger partial charge in [-0.1, -0.05) is 37.6 Å². The molecule has 4 rings (SSSR count). The van der Waals surface area contributed by atoms with Crippen LogP contribution in [0.4, 0.5) is 5.69 Å². The van der Waals surface area contributed by atoms with E-state index in [1.807, 2.05) is 0 Å². The Morgan fingerprint density at radius 3 is 2.61 bits per heavy atom. The molecule has 3 aliphatic rings. The van der Waals surface area contributed by atoms with Gasteiger partial charge in [0.1, 0.15) is 5.75 Å². The lowest BCUT2D eigenvalue weighted by Crippen LogP contribution is -2.54. The fourth-order valence-electron chi connectivity index (χ4n) is 6.31. The van der Waals surface area contributed by atoms with E-state index in [4.69, 9.17) is 9.94 Å². The van der Waals surface area contributed by atoms with E-state index in [0.717, 1.165) is 44.1 Å². The zero-order valence-corrected chi connectivity index (χ0v) is 18.7. The highest BCUT2D eigenvalue weighted by atomic mass is 16.8. The summed E-state index contributed by atoms with van der Waals surface area (Å²) in [6.45, 7) is 10.6.